The number of alkyl halides is 3. The second-order valence-electron chi connectivity index (χ2n) is 2.07. The molecule has 0 spiro atoms. The summed E-state index contributed by atoms with van der Waals surface area (Å²) in [7, 11) is 0. The van der Waals surface area contributed by atoms with Crippen LogP contribution < -0.4 is 0 Å². The van der Waals surface area contributed by atoms with Crippen LogP contribution >= 0.6 is 0 Å². The second kappa shape index (κ2) is 4.21. The Morgan fingerprint density at radius 3 is 2.18 bits per heavy atom. The predicted molar refractivity (Wildman–Crippen MR) is 39.2 cm³/mol. The van der Waals surface area contributed by atoms with Gasteiger partial charge in [-0.1, -0.05) is 25.2 Å². The molecule has 0 aromatic carbocycles. The summed E-state index contributed by atoms with van der Waals surface area (Å²) in [5.41, 5.74) is -0.567. The smallest absolute Gasteiger partial charge is 0.166 e. The lowest BCUT2D eigenvalue weighted by Crippen LogP contribution is -2.09. The van der Waals surface area contributed by atoms with Crippen molar-refractivity contribution in [2.24, 2.45) is 0 Å². The Kier molecular flexibility index (Phi) is 3.93. The number of allylic oxidation sites excluding steroid dienone is 4. The van der Waals surface area contributed by atoms with Crippen LogP contribution in [0.2, 0.25) is 0 Å². The van der Waals surface area contributed by atoms with Crippen LogP contribution in [0.3, 0.4) is 0 Å². The molecule has 0 rings (SSSR count). The second-order valence-corrected chi connectivity index (χ2v) is 2.07. The number of hydrogen-bond donors (Lipinski definition) is 0. The van der Waals surface area contributed by atoms with Gasteiger partial charge in [0.05, 0.1) is 5.57 Å². The molecule has 64 valence electrons. The van der Waals surface area contributed by atoms with Crippen molar-refractivity contribution in [2.45, 2.75) is 26.4 Å². The summed E-state index contributed by atoms with van der Waals surface area (Å²) in [4.78, 5) is 0. The van der Waals surface area contributed by atoms with Crippen LogP contribution in [-0.2, 0) is 0 Å². The van der Waals surface area contributed by atoms with Crippen molar-refractivity contribution in [1.29, 1.82) is 0 Å². The molecule has 3 heteroatoms. The standard InChI is InChI=1S/C8H11F3/c1-3-5-7(6-4-2)8(9,10)11/h3,5-6H,4H2,1-2H3/b5-3-,7-6+. The van der Waals surface area contributed by atoms with E-state index in [1.807, 2.05) is 0 Å². The summed E-state index contributed by atoms with van der Waals surface area (Å²) < 4.78 is 35.9. The highest BCUT2D eigenvalue weighted by molar-refractivity contribution is 5.22. The van der Waals surface area contributed by atoms with E-state index in [0.29, 0.717) is 6.42 Å². The van der Waals surface area contributed by atoms with Gasteiger partial charge >= 0.3 is 6.18 Å². The van der Waals surface area contributed by atoms with Gasteiger partial charge in [-0.25, -0.2) is 0 Å². The number of hydrogen-bond acceptors (Lipinski definition) is 0. The molecule has 0 saturated carbocycles. The highest BCUT2D eigenvalue weighted by atomic mass is 19.4. The lowest BCUT2D eigenvalue weighted by molar-refractivity contribution is -0.0884. The van der Waals surface area contributed by atoms with Gasteiger partial charge in [-0.15, -0.1) is 0 Å². The van der Waals surface area contributed by atoms with Gasteiger partial charge in [-0.3, -0.25) is 0 Å². The highest BCUT2D eigenvalue weighted by Crippen LogP contribution is 2.26. The fourth-order valence-corrected chi connectivity index (χ4v) is 0.678. The fourth-order valence-electron chi connectivity index (χ4n) is 0.678. The molecule has 0 heterocycles. The molecule has 0 saturated heterocycles. The summed E-state index contributed by atoms with van der Waals surface area (Å²) in [5.74, 6) is 0. The molecule has 0 amide bonds. The third-order valence-electron chi connectivity index (χ3n) is 1.10. The fraction of sp³-hybridized carbons (Fsp3) is 0.500. The maximum atomic E-state index is 12.0. The molecular weight excluding hydrogens is 153 g/mol. The van der Waals surface area contributed by atoms with Gasteiger partial charge in [0.1, 0.15) is 0 Å². The molecule has 0 aliphatic carbocycles. The molecule has 0 aromatic rings. The summed E-state index contributed by atoms with van der Waals surface area (Å²) >= 11 is 0. The maximum absolute atomic E-state index is 12.0. The van der Waals surface area contributed by atoms with Crippen LogP contribution in [0.4, 0.5) is 13.2 Å². The zero-order valence-corrected chi connectivity index (χ0v) is 6.57. The summed E-state index contributed by atoms with van der Waals surface area (Å²) in [6, 6.07) is 0. The molecular formula is C8H11F3. The zero-order chi connectivity index (χ0) is 8.91. The molecule has 0 aromatic heterocycles. The van der Waals surface area contributed by atoms with Crippen LogP contribution in [0.5, 0.6) is 0 Å². The quantitative estimate of drug-likeness (QED) is 0.548. The van der Waals surface area contributed by atoms with Crippen LogP contribution in [-0.4, -0.2) is 6.18 Å². The van der Waals surface area contributed by atoms with E-state index in [-0.39, 0.29) is 0 Å². The lowest BCUT2D eigenvalue weighted by Gasteiger charge is -2.06. The first-order valence-electron chi connectivity index (χ1n) is 3.42. The minimum absolute atomic E-state index is 0.402. The number of halogens is 3. The van der Waals surface area contributed by atoms with Crippen molar-refractivity contribution in [3.05, 3.63) is 23.8 Å². The summed E-state index contributed by atoms with van der Waals surface area (Å²) in [6.07, 6.45) is -0.180. The van der Waals surface area contributed by atoms with Gasteiger partial charge in [0, 0.05) is 0 Å². The van der Waals surface area contributed by atoms with E-state index in [1.54, 1.807) is 13.8 Å². The van der Waals surface area contributed by atoms with E-state index in [0.717, 1.165) is 6.08 Å². The van der Waals surface area contributed by atoms with Gasteiger partial charge in [0.15, 0.2) is 0 Å². The van der Waals surface area contributed by atoms with E-state index in [2.05, 4.69) is 0 Å². The highest BCUT2D eigenvalue weighted by Gasteiger charge is 2.30. The van der Waals surface area contributed by atoms with Crippen LogP contribution in [0.1, 0.15) is 20.3 Å². The molecule has 0 atom stereocenters. The van der Waals surface area contributed by atoms with Gasteiger partial charge in [-0.2, -0.15) is 13.2 Å². The van der Waals surface area contributed by atoms with Crippen LogP contribution in [0.15, 0.2) is 23.8 Å². The van der Waals surface area contributed by atoms with Gasteiger partial charge in [0.2, 0.25) is 0 Å². The SMILES string of the molecule is C/C=C\C(=C/CC)C(F)(F)F. The van der Waals surface area contributed by atoms with Crippen molar-refractivity contribution < 1.29 is 13.2 Å². The average molecular weight is 164 g/mol. The van der Waals surface area contributed by atoms with E-state index in [4.69, 9.17) is 0 Å². The molecule has 0 radical (unpaired) electrons. The van der Waals surface area contributed by atoms with Crippen molar-refractivity contribution in [1.82, 2.24) is 0 Å². The predicted octanol–water partition coefficient (Wildman–Crippen LogP) is 3.46. The molecule has 0 N–H and O–H groups in total. The molecule has 0 aliphatic rings. The first-order valence-corrected chi connectivity index (χ1v) is 3.42. The Bertz CT molecular complexity index is 163. The Hall–Kier alpha value is -0.730. The minimum atomic E-state index is -4.21. The molecule has 0 aliphatic heterocycles. The van der Waals surface area contributed by atoms with Crippen LogP contribution in [0.25, 0.3) is 0 Å². The first kappa shape index (κ1) is 10.3. The Labute approximate surface area is 64.4 Å². The average Bonchev–Trinajstić information content (AvgIpc) is 1.85. The monoisotopic (exact) mass is 164 g/mol. The summed E-state index contributed by atoms with van der Waals surface area (Å²) in [5, 5.41) is 0. The summed E-state index contributed by atoms with van der Waals surface area (Å²) in [6.45, 7) is 3.24. The Morgan fingerprint density at radius 2 is 1.91 bits per heavy atom. The van der Waals surface area contributed by atoms with Crippen molar-refractivity contribution in [2.75, 3.05) is 0 Å². The molecule has 11 heavy (non-hydrogen) atoms. The van der Waals surface area contributed by atoms with E-state index in [9.17, 15) is 13.2 Å². The van der Waals surface area contributed by atoms with Crippen molar-refractivity contribution in [3.63, 3.8) is 0 Å². The molecule has 0 nitrogen and oxygen atoms in total. The van der Waals surface area contributed by atoms with E-state index >= 15 is 0 Å². The largest absolute Gasteiger partial charge is 0.416 e. The molecule has 0 fully saturated rings. The van der Waals surface area contributed by atoms with Crippen LogP contribution in [0, 0.1) is 0 Å². The topological polar surface area (TPSA) is 0 Å². The zero-order valence-electron chi connectivity index (χ0n) is 6.57. The van der Waals surface area contributed by atoms with E-state index in [1.165, 1.54) is 12.2 Å². The third kappa shape index (κ3) is 3.86. The van der Waals surface area contributed by atoms with Crippen molar-refractivity contribution in [3.8, 4) is 0 Å². The Balaban J connectivity index is 4.48. The van der Waals surface area contributed by atoms with E-state index < -0.39 is 11.7 Å². The maximum Gasteiger partial charge on any atom is 0.416 e. The first-order chi connectivity index (χ1) is 5.02. The van der Waals surface area contributed by atoms with Gasteiger partial charge in [0.25, 0.3) is 0 Å². The Morgan fingerprint density at radius 1 is 1.36 bits per heavy atom. The normalized spacial score (nSPS) is 14.5. The van der Waals surface area contributed by atoms with Gasteiger partial charge in [-0.05, 0) is 13.3 Å². The molecule has 0 bridgehead atoms. The minimum Gasteiger partial charge on any atom is -0.166 e. The lowest BCUT2D eigenvalue weighted by atomic mass is 10.2. The van der Waals surface area contributed by atoms with Crippen molar-refractivity contribution >= 4 is 0 Å². The number of rotatable bonds is 2. The molecule has 0 unspecified atom stereocenters. The van der Waals surface area contributed by atoms with Gasteiger partial charge < -0.3 is 0 Å². The third-order valence-corrected chi connectivity index (χ3v) is 1.10.